The molecule has 4 heteroatoms. The number of esters is 1. The lowest BCUT2D eigenvalue weighted by Crippen LogP contribution is -1.98. The lowest BCUT2D eigenvalue weighted by Gasteiger charge is -1.92. The minimum absolute atomic E-state index is 0.336. The average molecular weight is 278 g/mol. The molecule has 19 heavy (non-hydrogen) atoms. The number of aromatic nitrogens is 1. The van der Waals surface area contributed by atoms with Crippen LogP contribution < -0.4 is 0 Å². The number of H-pyrrole nitrogens is 1. The van der Waals surface area contributed by atoms with Gasteiger partial charge in [-0.15, -0.1) is 0 Å². The van der Waals surface area contributed by atoms with Crippen LogP contribution in [0.5, 0.6) is 0 Å². The minimum Gasteiger partial charge on any atom is -0.463 e. The molecule has 0 spiro atoms. The number of hydrogen-bond donors (Lipinski definition) is 1. The molecule has 100 valence electrons. The van der Waals surface area contributed by atoms with Crippen LogP contribution in [0.25, 0.3) is 6.08 Å². The predicted octanol–water partition coefficient (Wildman–Crippen LogP) is 3.91. The summed E-state index contributed by atoms with van der Waals surface area (Å²) in [4.78, 5) is 14.0. The van der Waals surface area contributed by atoms with E-state index in [0.29, 0.717) is 11.6 Å². The van der Waals surface area contributed by atoms with Gasteiger partial charge in [-0.3, -0.25) is 0 Å². The van der Waals surface area contributed by atoms with Gasteiger partial charge in [0.25, 0.3) is 0 Å². The molecule has 0 amide bonds. The molecule has 0 atom stereocenters. The van der Waals surface area contributed by atoms with Crippen molar-refractivity contribution in [2.45, 2.75) is 6.92 Å². The van der Waals surface area contributed by atoms with Gasteiger partial charge in [0.15, 0.2) is 0 Å². The van der Waals surface area contributed by atoms with Gasteiger partial charge in [-0.05, 0) is 19.1 Å². The highest BCUT2D eigenvalue weighted by Crippen LogP contribution is 2.14. The maximum absolute atomic E-state index is 11.0. The molecule has 0 aliphatic rings. The van der Waals surface area contributed by atoms with Gasteiger partial charge in [-0.1, -0.05) is 48.1 Å². The molecular formula is C15H16ClNO2. The Morgan fingerprint density at radius 2 is 1.95 bits per heavy atom. The van der Waals surface area contributed by atoms with Gasteiger partial charge in [-0.2, -0.15) is 0 Å². The van der Waals surface area contributed by atoms with Crippen molar-refractivity contribution in [3.63, 3.8) is 0 Å². The van der Waals surface area contributed by atoms with Crippen molar-refractivity contribution < 1.29 is 9.53 Å². The maximum Gasteiger partial charge on any atom is 0.330 e. The molecule has 0 saturated carbocycles. The molecule has 1 heterocycles. The number of halogens is 1. The molecule has 3 nitrogen and oxygen atoms in total. The molecule has 0 aliphatic heterocycles. The number of carbonyl (C=O) groups excluding carboxylic acids is 1. The zero-order chi connectivity index (χ0) is 13.9. The Labute approximate surface area is 117 Å². The number of allylic oxidation sites excluding steroid dienone is 6. The average Bonchev–Trinajstić information content (AvgIpc) is 2.79. The van der Waals surface area contributed by atoms with Gasteiger partial charge in [0.05, 0.1) is 17.3 Å². The Morgan fingerprint density at radius 3 is 2.58 bits per heavy atom. The Bertz CT molecular complexity index is 510. The number of ether oxygens (including phenoxy) is 1. The van der Waals surface area contributed by atoms with E-state index in [1.165, 1.54) is 6.08 Å². The minimum atomic E-state index is -0.336. The lowest BCUT2D eigenvalue weighted by molar-refractivity contribution is -0.137. The summed E-state index contributed by atoms with van der Waals surface area (Å²) in [7, 11) is 0. The first-order chi connectivity index (χ1) is 9.24. The van der Waals surface area contributed by atoms with E-state index in [1.54, 1.807) is 31.3 Å². The largest absolute Gasteiger partial charge is 0.463 e. The second kappa shape index (κ2) is 9.00. The molecule has 1 rings (SSSR count). The number of nitrogens with one attached hydrogen (secondary N) is 1. The monoisotopic (exact) mass is 277 g/mol. The molecule has 1 aromatic heterocycles. The van der Waals surface area contributed by atoms with Crippen LogP contribution in [0, 0.1) is 0 Å². The van der Waals surface area contributed by atoms with E-state index in [-0.39, 0.29) is 5.97 Å². The molecule has 1 N–H and O–H groups in total. The number of rotatable bonds is 6. The van der Waals surface area contributed by atoms with E-state index in [2.05, 4.69) is 4.98 Å². The van der Waals surface area contributed by atoms with Crippen LogP contribution in [-0.2, 0) is 9.53 Å². The van der Waals surface area contributed by atoms with E-state index >= 15 is 0 Å². The number of aromatic amines is 1. The summed E-state index contributed by atoms with van der Waals surface area (Å²) in [6, 6.07) is 1.80. The van der Waals surface area contributed by atoms with Gasteiger partial charge in [0, 0.05) is 12.3 Å². The van der Waals surface area contributed by atoms with Crippen molar-refractivity contribution in [2.75, 3.05) is 6.61 Å². The third kappa shape index (κ3) is 6.48. The predicted molar refractivity (Wildman–Crippen MR) is 78.9 cm³/mol. The van der Waals surface area contributed by atoms with Crippen LogP contribution in [0.15, 0.2) is 54.8 Å². The highest BCUT2D eigenvalue weighted by molar-refractivity contribution is 6.31. The van der Waals surface area contributed by atoms with Crippen LogP contribution in [0.4, 0.5) is 0 Å². The lowest BCUT2D eigenvalue weighted by atomic mass is 10.3. The Kier molecular flexibility index (Phi) is 7.13. The third-order valence-electron chi connectivity index (χ3n) is 2.06. The van der Waals surface area contributed by atoms with Crippen LogP contribution in [0.1, 0.15) is 12.6 Å². The molecule has 1 aromatic rings. The SMILES string of the molecule is CCOC(=O)/C=C/C=C/C=C/C=C/c1[nH]ccc1Cl. The summed E-state index contributed by atoms with van der Waals surface area (Å²) in [6.07, 6.45) is 15.8. The summed E-state index contributed by atoms with van der Waals surface area (Å²) in [5.41, 5.74) is 0.873. The second-order valence-electron chi connectivity index (χ2n) is 3.48. The smallest absolute Gasteiger partial charge is 0.330 e. The molecule has 0 aliphatic carbocycles. The van der Waals surface area contributed by atoms with E-state index in [0.717, 1.165) is 5.69 Å². The van der Waals surface area contributed by atoms with E-state index < -0.39 is 0 Å². The summed E-state index contributed by atoms with van der Waals surface area (Å²) in [5, 5.41) is 0.692. The van der Waals surface area contributed by atoms with E-state index in [1.807, 2.05) is 30.4 Å². The first kappa shape index (κ1) is 15.1. The van der Waals surface area contributed by atoms with Crippen LogP contribution in [-0.4, -0.2) is 17.6 Å². The number of carbonyl (C=O) groups is 1. The molecule has 0 unspecified atom stereocenters. The fourth-order valence-electron chi connectivity index (χ4n) is 1.22. The third-order valence-corrected chi connectivity index (χ3v) is 2.39. The zero-order valence-corrected chi connectivity index (χ0v) is 11.4. The van der Waals surface area contributed by atoms with Gasteiger partial charge < -0.3 is 9.72 Å². The Hall–Kier alpha value is -2.00. The van der Waals surface area contributed by atoms with Gasteiger partial charge in [0.1, 0.15) is 0 Å². The van der Waals surface area contributed by atoms with Crippen LogP contribution in [0.3, 0.4) is 0 Å². The quantitative estimate of drug-likeness (QED) is 0.487. The summed E-state index contributed by atoms with van der Waals surface area (Å²) >= 11 is 5.90. The van der Waals surface area contributed by atoms with E-state index in [9.17, 15) is 4.79 Å². The summed E-state index contributed by atoms with van der Waals surface area (Å²) in [5.74, 6) is -0.336. The van der Waals surface area contributed by atoms with Crippen LogP contribution >= 0.6 is 11.6 Å². The Balaban J connectivity index is 2.32. The van der Waals surface area contributed by atoms with Gasteiger partial charge in [0.2, 0.25) is 0 Å². The maximum atomic E-state index is 11.0. The van der Waals surface area contributed by atoms with Crippen molar-refractivity contribution in [1.82, 2.24) is 4.98 Å². The molecule has 0 fully saturated rings. The van der Waals surface area contributed by atoms with Crippen LogP contribution in [0.2, 0.25) is 5.02 Å². The first-order valence-electron chi connectivity index (χ1n) is 5.91. The topological polar surface area (TPSA) is 42.1 Å². The highest BCUT2D eigenvalue weighted by atomic mass is 35.5. The molecular weight excluding hydrogens is 262 g/mol. The van der Waals surface area contributed by atoms with Crippen molar-refractivity contribution >= 4 is 23.6 Å². The zero-order valence-electron chi connectivity index (χ0n) is 10.7. The Morgan fingerprint density at radius 1 is 1.26 bits per heavy atom. The molecule has 0 aromatic carbocycles. The molecule has 0 saturated heterocycles. The molecule has 0 bridgehead atoms. The standard InChI is InChI=1S/C15H16ClNO2/c1-2-19-15(18)10-8-6-4-3-5-7-9-14-13(16)11-12-17-14/h3-12,17H,2H2,1H3/b5-3+,6-4+,9-7+,10-8+. The van der Waals surface area contributed by atoms with Crippen molar-refractivity contribution in [3.05, 3.63) is 65.5 Å². The first-order valence-corrected chi connectivity index (χ1v) is 6.29. The second-order valence-corrected chi connectivity index (χ2v) is 3.89. The fraction of sp³-hybridized carbons (Fsp3) is 0.133. The summed E-state index contributed by atoms with van der Waals surface area (Å²) < 4.78 is 4.73. The summed E-state index contributed by atoms with van der Waals surface area (Å²) in [6.45, 7) is 2.16. The number of hydrogen-bond acceptors (Lipinski definition) is 2. The van der Waals surface area contributed by atoms with Gasteiger partial charge in [-0.25, -0.2) is 4.79 Å². The fourth-order valence-corrected chi connectivity index (χ4v) is 1.40. The van der Waals surface area contributed by atoms with Crippen molar-refractivity contribution in [3.8, 4) is 0 Å². The normalized spacial score (nSPS) is 12.3. The van der Waals surface area contributed by atoms with Gasteiger partial charge >= 0.3 is 5.97 Å². The van der Waals surface area contributed by atoms with Crippen molar-refractivity contribution in [2.24, 2.45) is 0 Å². The van der Waals surface area contributed by atoms with E-state index in [4.69, 9.17) is 16.3 Å². The highest BCUT2D eigenvalue weighted by Gasteiger charge is 1.93. The molecule has 0 radical (unpaired) electrons. The van der Waals surface area contributed by atoms with Crippen molar-refractivity contribution in [1.29, 1.82) is 0 Å².